The summed E-state index contributed by atoms with van der Waals surface area (Å²) >= 11 is 0. The highest BCUT2D eigenvalue weighted by Crippen LogP contribution is 2.26. The lowest BCUT2D eigenvalue weighted by molar-refractivity contribution is 0.414. The smallest absolute Gasteiger partial charge is 0.227 e. The normalized spacial score (nSPS) is 20.0. The quantitative estimate of drug-likeness (QED) is 0.866. The van der Waals surface area contributed by atoms with E-state index >= 15 is 0 Å². The second kappa shape index (κ2) is 7.30. The van der Waals surface area contributed by atoms with Crippen molar-refractivity contribution >= 4 is 11.8 Å². The Morgan fingerprint density at radius 3 is 2.84 bits per heavy atom. The van der Waals surface area contributed by atoms with Crippen LogP contribution in [-0.2, 0) is 12.8 Å². The minimum absolute atomic E-state index is 0.398. The van der Waals surface area contributed by atoms with Crippen LogP contribution in [0.5, 0.6) is 5.75 Å². The zero-order valence-electron chi connectivity index (χ0n) is 14.9. The van der Waals surface area contributed by atoms with Gasteiger partial charge in [-0.3, -0.25) is 0 Å². The molecule has 1 aliphatic carbocycles. The summed E-state index contributed by atoms with van der Waals surface area (Å²) in [6.45, 7) is 2.14. The summed E-state index contributed by atoms with van der Waals surface area (Å²) in [6, 6.07) is 8.85. The number of aromatic nitrogens is 2. The average Bonchev–Trinajstić information content (AvgIpc) is 3.10. The van der Waals surface area contributed by atoms with Gasteiger partial charge in [-0.25, -0.2) is 4.98 Å². The van der Waals surface area contributed by atoms with Crippen LogP contribution in [0.4, 0.5) is 11.8 Å². The molecule has 4 rings (SSSR count). The molecule has 132 valence electrons. The Bertz CT molecular complexity index is 727. The molecular weight excluding hydrogens is 312 g/mol. The van der Waals surface area contributed by atoms with Crippen molar-refractivity contribution in [1.29, 1.82) is 0 Å². The Morgan fingerprint density at radius 1 is 1.12 bits per heavy atom. The molecule has 0 saturated carbocycles. The number of benzene rings is 1. The molecule has 1 aliphatic heterocycles. The van der Waals surface area contributed by atoms with Crippen LogP contribution in [0, 0.1) is 0 Å². The minimum Gasteiger partial charge on any atom is -0.497 e. The van der Waals surface area contributed by atoms with Gasteiger partial charge < -0.3 is 15.0 Å². The summed E-state index contributed by atoms with van der Waals surface area (Å²) in [4.78, 5) is 11.5. The first-order valence-electron chi connectivity index (χ1n) is 9.32. The highest BCUT2D eigenvalue weighted by Gasteiger charge is 2.19. The Kier molecular flexibility index (Phi) is 4.72. The van der Waals surface area contributed by atoms with Crippen molar-refractivity contribution in [1.82, 2.24) is 9.97 Å². The van der Waals surface area contributed by atoms with Crippen LogP contribution in [0.15, 0.2) is 30.5 Å². The molecule has 1 aromatic carbocycles. The van der Waals surface area contributed by atoms with Gasteiger partial charge >= 0.3 is 0 Å². The number of aryl methyl sites for hydroxylation is 1. The number of nitrogens with zero attached hydrogens (tertiary/aromatic N) is 3. The van der Waals surface area contributed by atoms with E-state index in [1.807, 2.05) is 12.3 Å². The molecular formula is C20H26N4O. The first kappa shape index (κ1) is 16.2. The van der Waals surface area contributed by atoms with Gasteiger partial charge in [0.15, 0.2) is 0 Å². The monoisotopic (exact) mass is 338 g/mol. The Hall–Kier alpha value is -2.30. The number of hydrogen-bond acceptors (Lipinski definition) is 5. The fourth-order valence-electron chi connectivity index (χ4n) is 3.90. The van der Waals surface area contributed by atoms with Crippen LogP contribution < -0.4 is 15.0 Å². The zero-order chi connectivity index (χ0) is 17.1. The topological polar surface area (TPSA) is 50.3 Å². The number of nitrogens with one attached hydrogen (secondary N) is 1. The lowest BCUT2D eigenvalue weighted by atomic mass is 10.0. The Morgan fingerprint density at radius 2 is 2.00 bits per heavy atom. The van der Waals surface area contributed by atoms with Crippen molar-refractivity contribution in [3.05, 3.63) is 41.6 Å². The summed E-state index contributed by atoms with van der Waals surface area (Å²) in [7, 11) is 1.73. The largest absolute Gasteiger partial charge is 0.497 e. The second-order valence-electron chi connectivity index (χ2n) is 7.01. The molecule has 1 aromatic heterocycles. The average molecular weight is 338 g/mol. The second-order valence-corrected chi connectivity index (χ2v) is 7.01. The molecule has 2 heterocycles. The van der Waals surface area contributed by atoms with Crippen molar-refractivity contribution in [2.75, 3.05) is 30.4 Å². The SMILES string of the molecule is COc1ccc2c(c1)CC(Nc1ccnc(N3CCCC3)n1)CCC2. The third-order valence-electron chi connectivity index (χ3n) is 5.26. The maximum atomic E-state index is 5.40. The first-order valence-corrected chi connectivity index (χ1v) is 9.32. The van der Waals surface area contributed by atoms with Gasteiger partial charge in [0.05, 0.1) is 7.11 Å². The summed E-state index contributed by atoms with van der Waals surface area (Å²) in [5.74, 6) is 2.74. The number of rotatable bonds is 4. The molecule has 5 nitrogen and oxygen atoms in total. The van der Waals surface area contributed by atoms with E-state index in [2.05, 4.69) is 33.4 Å². The standard InChI is InChI=1S/C20H26N4O/c1-25-18-8-7-15-5-4-6-17(13-16(15)14-18)22-19-9-10-21-20(23-19)24-11-2-3-12-24/h7-10,14,17H,2-6,11-13H2,1H3,(H,21,22,23). The summed E-state index contributed by atoms with van der Waals surface area (Å²) in [5.41, 5.74) is 2.84. The molecule has 25 heavy (non-hydrogen) atoms. The first-order chi connectivity index (χ1) is 12.3. The highest BCUT2D eigenvalue weighted by atomic mass is 16.5. The Labute approximate surface area is 149 Å². The zero-order valence-corrected chi connectivity index (χ0v) is 14.9. The maximum absolute atomic E-state index is 5.40. The van der Waals surface area contributed by atoms with E-state index in [4.69, 9.17) is 9.72 Å². The van der Waals surface area contributed by atoms with Crippen molar-refractivity contribution in [2.45, 2.75) is 44.6 Å². The summed E-state index contributed by atoms with van der Waals surface area (Å²) in [5, 5.41) is 3.64. The van der Waals surface area contributed by atoms with Gasteiger partial charge in [0.25, 0.3) is 0 Å². The molecule has 0 spiro atoms. The predicted molar refractivity (Wildman–Crippen MR) is 101 cm³/mol. The van der Waals surface area contributed by atoms with E-state index < -0.39 is 0 Å². The molecule has 1 saturated heterocycles. The van der Waals surface area contributed by atoms with Crippen LogP contribution in [0.3, 0.4) is 0 Å². The number of hydrogen-bond donors (Lipinski definition) is 1. The number of ether oxygens (including phenoxy) is 1. The van der Waals surface area contributed by atoms with Crippen LogP contribution in [0.1, 0.15) is 36.8 Å². The molecule has 1 fully saturated rings. The molecule has 1 N–H and O–H groups in total. The maximum Gasteiger partial charge on any atom is 0.227 e. The van der Waals surface area contributed by atoms with Crippen molar-refractivity contribution in [3.63, 3.8) is 0 Å². The van der Waals surface area contributed by atoms with Crippen LogP contribution in [0.2, 0.25) is 0 Å². The molecule has 2 aliphatic rings. The van der Waals surface area contributed by atoms with Gasteiger partial charge in [0.1, 0.15) is 11.6 Å². The van der Waals surface area contributed by atoms with Crippen LogP contribution in [0.25, 0.3) is 0 Å². The molecule has 0 radical (unpaired) electrons. The fraction of sp³-hybridized carbons (Fsp3) is 0.500. The number of anilines is 2. The molecule has 1 unspecified atom stereocenters. The minimum atomic E-state index is 0.398. The molecule has 5 heteroatoms. The van der Waals surface area contributed by atoms with Crippen molar-refractivity contribution < 1.29 is 4.74 Å². The number of methoxy groups -OCH3 is 1. The van der Waals surface area contributed by atoms with E-state index in [1.165, 1.54) is 30.4 Å². The van der Waals surface area contributed by atoms with E-state index in [-0.39, 0.29) is 0 Å². The molecule has 2 aromatic rings. The highest BCUT2D eigenvalue weighted by molar-refractivity contribution is 5.44. The van der Waals surface area contributed by atoms with Gasteiger partial charge in [0.2, 0.25) is 5.95 Å². The van der Waals surface area contributed by atoms with Crippen LogP contribution in [-0.4, -0.2) is 36.2 Å². The van der Waals surface area contributed by atoms with E-state index in [0.29, 0.717) is 6.04 Å². The van der Waals surface area contributed by atoms with Crippen molar-refractivity contribution in [3.8, 4) is 5.75 Å². The van der Waals surface area contributed by atoms with E-state index in [1.54, 1.807) is 7.11 Å². The van der Waals surface area contributed by atoms with Gasteiger partial charge in [-0.1, -0.05) is 6.07 Å². The summed E-state index contributed by atoms with van der Waals surface area (Å²) in [6.07, 6.45) is 8.85. The fourth-order valence-corrected chi connectivity index (χ4v) is 3.90. The number of fused-ring (bicyclic) bond motifs is 1. The van der Waals surface area contributed by atoms with E-state index in [9.17, 15) is 0 Å². The Balaban J connectivity index is 1.49. The molecule has 0 bridgehead atoms. The predicted octanol–water partition coefficient (Wildman–Crippen LogP) is 3.44. The van der Waals surface area contributed by atoms with Crippen molar-refractivity contribution in [2.24, 2.45) is 0 Å². The van der Waals surface area contributed by atoms with Gasteiger partial charge in [-0.05, 0) is 67.9 Å². The van der Waals surface area contributed by atoms with Gasteiger partial charge in [0, 0.05) is 25.3 Å². The van der Waals surface area contributed by atoms with E-state index in [0.717, 1.165) is 49.9 Å². The van der Waals surface area contributed by atoms with Crippen LogP contribution >= 0.6 is 0 Å². The van der Waals surface area contributed by atoms with Gasteiger partial charge in [-0.2, -0.15) is 4.98 Å². The van der Waals surface area contributed by atoms with Gasteiger partial charge in [-0.15, -0.1) is 0 Å². The molecule has 1 atom stereocenters. The lowest BCUT2D eigenvalue weighted by Crippen LogP contribution is -2.24. The third kappa shape index (κ3) is 3.70. The summed E-state index contributed by atoms with van der Waals surface area (Å²) < 4.78 is 5.40. The molecule has 0 amide bonds. The lowest BCUT2D eigenvalue weighted by Gasteiger charge is -2.20. The third-order valence-corrected chi connectivity index (χ3v) is 5.26.